The van der Waals surface area contributed by atoms with Crippen LogP contribution in [0.25, 0.3) is 0 Å². The molecule has 3 rings (SSSR count). The molecule has 136 valence electrons. The number of nitrogens with zero attached hydrogens (tertiary/aromatic N) is 1. The van der Waals surface area contributed by atoms with Gasteiger partial charge < -0.3 is 15.0 Å². The van der Waals surface area contributed by atoms with Crippen molar-refractivity contribution >= 4 is 23.3 Å². The fourth-order valence-electron chi connectivity index (χ4n) is 3.11. The van der Waals surface area contributed by atoms with Crippen LogP contribution in [0.1, 0.15) is 34.3 Å². The number of ether oxygens (including phenoxy) is 1. The minimum Gasteiger partial charge on any atom is -0.452 e. The van der Waals surface area contributed by atoms with Gasteiger partial charge in [-0.3, -0.25) is 4.79 Å². The molecule has 0 unspecified atom stereocenters. The second-order valence-corrected chi connectivity index (χ2v) is 6.76. The molecule has 0 bridgehead atoms. The molecule has 0 saturated heterocycles. The first-order valence-corrected chi connectivity index (χ1v) is 8.89. The van der Waals surface area contributed by atoms with E-state index in [0.29, 0.717) is 11.3 Å². The molecule has 0 heterocycles. The van der Waals surface area contributed by atoms with Gasteiger partial charge in [-0.05, 0) is 73.2 Å². The third-order valence-corrected chi connectivity index (χ3v) is 4.59. The Morgan fingerprint density at radius 3 is 2.38 bits per heavy atom. The Morgan fingerprint density at radius 1 is 1.00 bits per heavy atom. The molecule has 2 aromatic carbocycles. The second kappa shape index (κ2) is 8.04. The minimum atomic E-state index is -0.462. The van der Waals surface area contributed by atoms with Crippen molar-refractivity contribution in [1.82, 2.24) is 0 Å². The monoisotopic (exact) mass is 352 g/mol. The van der Waals surface area contributed by atoms with Crippen molar-refractivity contribution in [3.63, 3.8) is 0 Å². The smallest absolute Gasteiger partial charge is 0.338 e. The number of benzene rings is 2. The van der Waals surface area contributed by atoms with E-state index >= 15 is 0 Å². The SMILES string of the molecule is CN(C)c1ccc(NC(=O)COC(=O)c2ccc3c(c2)CCCC3)cc1. The fourth-order valence-corrected chi connectivity index (χ4v) is 3.11. The van der Waals surface area contributed by atoms with Gasteiger partial charge in [-0.1, -0.05) is 6.07 Å². The third-order valence-electron chi connectivity index (χ3n) is 4.59. The molecule has 26 heavy (non-hydrogen) atoms. The lowest BCUT2D eigenvalue weighted by Gasteiger charge is -2.16. The highest BCUT2D eigenvalue weighted by Gasteiger charge is 2.15. The van der Waals surface area contributed by atoms with Crippen molar-refractivity contribution in [2.45, 2.75) is 25.7 Å². The zero-order valence-corrected chi connectivity index (χ0v) is 15.2. The minimum absolute atomic E-state index is 0.300. The topological polar surface area (TPSA) is 58.6 Å². The van der Waals surface area contributed by atoms with Crippen LogP contribution in [0.5, 0.6) is 0 Å². The number of nitrogens with one attached hydrogen (secondary N) is 1. The lowest BCUT2D eigenvalue weighted by Crippen LogP contribution is -2.21. The highest BCUT2D eigenvalue weighted by Crippen LogP contribution is 2.22. The van der Waals surface area contributed by atoms with Gasteiger partial charge in [-0.25, -0.2) is 4.79 Å². The molecule has 0 aliphatic heterocycles. The van der Waals surface area contributed by atoms with Crippen LogP contribution < -0.4 is 10.2 Å². The number of esters is 1. The van der Waals surface area contributed by atoms with Crippen molar-refractivity contribution in [3.8, 4) is 0 Å². The molecule has 5 heteroatoms. The van der Waals surface area contributed by atoms with Crippen molar-refractivity contribution in [2.75, 3.05) is 30.9 Å². The highest BCUT2D eigenvalue weighted by atomic mass is 16.5. The molecule has 5 nitrogen and oxygen atoms in total. The Hall–Kier alpha value is -2.82. The van der Waals surface area contributed by atoms with Gasteiger partial charge in [0.25, 0.3) is 5.91 Å². The zero-order valence-electron chi connectivity index (χ0n) is 15.2. The summed E-state index contributed by atoms with van der Waals surface area (Å²) in [5.74, 6) is -0.814. The Kier molecular flexibility index (Phi) is 5.56. The van der Waals surface area contributed by atoms with Crippen molar-refractivity contribution < 1.29 is 14.3 Å². The maximum Gasteiger partial charge on any atom is 0.338 e. The average Bonchev–Trinajstić information content (AvgIpc) is 2.66. The highest BCUT2D eigenvalue weighted by molar-refractivity contribution is 5.95. The van der Waals surface area contributed by atoms with Gasteiger partial charge in [-0.2, -0.15) is 0 Å². The fraction of sp³-hybridized carbons (Fsp3) is 0.333. The molecule has 0 fully saturated rings. The molecule has 0 atom stereocenters. The third kappa shape index (κ3) is 4.42. The predicted molar refractivity (Wildman–Crippen MR) is 103 cm³/mol. The molecule has 0 saturated carbocycles. The maximum atomic E-state index is 12.2. The Morgan fingerprint density at radius 2 is 1.69 bits per heavy atom. The van der Waals surface area contributed by atoms with Gasteiger partial charge in [0.15, 0.2) is 6.61 Å². The largest absolute Gasteiger partial charge is 0.452 e. The summed E-state index contributed by atoms with van der Waals surface area (Å²) in [6, 6.07) is 13.1. The van der Waals surface area contributed by atoms with E-state index in [1.165, 1.54) is 17.5 Å². The molecule has 1 aliphatic carbocycles. The lowest BCUT2D eigenvalue weighted by molar-refractivity contribution is -0.119. The number of hydrogen-bond acceptors (Lipinski definition) is 4. The van der Waals surface area contributed by atoms with Crippen molar-refractivity contribution in [2.24, 2.45) is 0 Å². The van der Waals surface area contributed by atoms with Crippen molar-refractivity contribution in [1.29, 1.82) is 0 Å². The molecule has 0 spiro atoms. The van der Waals surface area contributed by atoms with Gasteiger partial charge in [0.1, 0.15) is 0 Å². The summed E-state index contributed by atoms with van der Waals surface area (Å²) in [5.41, 5.74) is 4.75. The van der Waals surface area contributed by atoms with Gasteiger partial charge in [0, 0.05) is 25.5 Å². The lowest BCUT2D eigenvalue weighted by atomic mass is 9.90. The van der Waals surface area contributed by atoms with E-state index in [9.17, 15) is 9.59 Å². The van der Waals surface area contributed by atoms with E-state index in [1.54, 1.807) is 6.07 Å². The van der Waals surface area contributed by atoms with Gasteiger partial charge >= 0.3 is 5.97 Å². The quantitative estimate of drug-likeness (QED) is 0.838. The van der Waals surface area contributed by atoms with Crippen LogP contribution >= 0.6 is 0 Å². The summed E-state index contributed by atoms with van der Waals surface area (Å²) in [6.45, 7) is -0.300. The van der Waals surface area contributed by atoms with E-state index < -0.39 is 5.97 Å². The standard InChI is InChI=1S/C21H24N2O3/c1-23(2)19-11-9-18(10-12-19)22-20(24)14-26-21(25)17-8-7-15-5-3-4-6-16(15)13-17/h7-13H,3-6,14H2,1-2H3,(H,22,24). The van der Waals surface area contributed by atoms with E-state index in [1.807, 2.05) is 55.4 Å². The van der Waals surface area contributed by atoms with Gasteiger partial charge in [-0.15, -0.1) is 0 Å². The van der Waals surface area contributed by atoms with Gasteiger partial charge in [0.05, 0.1) is 5.56 Å². The summed E-state index contributed by atoms with van der Waals surface area (Å²) in [6.07, 6.45) is 4.42. The zero-order chi connectivity index (χ0) is 18.5. The number of amides is 1. The molecule has 0 aromatic heterocycles. The summed E-state index contributed by atoms with van der Waals surface area (Å²) in [5, 5.41) is 2.73. The number of fused-ring (bicyclic) bond motifs is 1. The van der Waals surface area contributed by atoms with Crippen LogP contribution in [0.15, 0.2) is 42.5 Å². The van der Waals surface area contributed by atoms with Crippen LogP contribution in [-0.4, -0.2) is 32.6 Å². The van der Waals surface area contributed by atoms with E-state index in [0.717, 1.165) is 24.9 Å². The van der Waals surface area contributed by atoms with Crippen LogP contribution in [0.4, 0.5) is 11.4 Å². The second-order valence-electron chi connectivity index (χ2n) is 6.76. The number of aryl methyl sites for hydroxylation is 2. The molecule has 1 amide bonds. The van der Waals surface area contributed by atoms with Crippen LogP contribution in [0, 0.1) is 0 Å². The summed E-state index contributed by atoms with van der Waals surface area (Å²) in [7, 11) is 3.90. The number of rotatable bonds is 5. The number of hydrogen-bond donors (Lipinski definition) is 1. The van der Waals surface area contributed by atoms with Crippen LogP contribution in [-0.2, 0) is 22.4 Å². The van der Waals surface area contributed by atoms with E-state index in [2.05, 4.69) is 5.32 Å². The Labute approximate surface area is 154 Å². The normalized spacial score (nSPS) is 12.8. The first-order chi connectivity index (χ1) is 12.5. The molecule has 0 radical (unpaired) electrons. The van der Waals surface area contributed by atoms with Crippen LogP contribution in [0.3, 0.4) is 0 Å². The first-order valence-electron chi connectivity index (χ1n) is 8.89. The molecule has 1 aliphatic rings. The molecular weight excluding hydrogens is 328 g/mol. The maximum absolute atomic E-state index is 12.2. The summed E-state index contributed by atoms with van der Waals surface area (Å²) in [4.78, 5) is 26.2. The number of carbonyl (C=O) groups is 2. The Balaban J connectivity index is 1.53. The average molecular weight is 352 g/mol. The van der Waals surface area contributed by atoms with E-state index in [4.69, 9.17) is 4.74 Å². The van der Waals surface area contributed by atoms with Crippen LogP contribution in [0.2, 0.25) is 0 Å². The molecule has 2 aromatic rings. The predicted octanol–water partition coefficient (Wildman–Crippen LogP) is 3.43. The summed E-state index contributed by atoms with van der Waals surface area (Å²) < 4.78 is 5.16. The molecule has 1 N–H and O–H groups in total. The Bertz CT molecular complexity index is 797. The number of carbonyl (C=O) groups excluding carboxylic acids is 2. The first kappa shape index (κ1) is 18.0. The van der Waals surface area contributed by atoms with E-state index in [-0.39, 0.29) is 12.5 Å². The van der Waals surface area contributed by atoms with Gasteiger partial charge in [0.2, 0.25) is 0 Å². The molecular formula is C21H24N2O3. The summed E-state index contributed by atoms with van der Waals surface area (Å²) >= 11 is 0. The number of anilines is 2. The van der Waals surface area contributed by atoms with Crippen molar-refractivity contribution in [3.05, 3.63) is 59.2 Å².